The molecular formula is C15H23N7O. The van der Waals surface area contributed by atoms with Crippen LogP contribution >= 0.6 is 0 Å². The molecule has 1 unspecified atom stereocenters. The van der Waals surface area contributed by atoms with Gasteiger partial charge in [-0.2, -0.15) is 0 Å². The maximum absolute atomic E-state index is 5.57. The highest BCUT2D eigenvalue weighted by Crippen LogP contribution is 2.12. The minimum absolute atomic E-state index is 0.288. The second-order valence-electron chi connectivity index (χ2n) is 5.96. The van der Waals surface area contributed by atoms with Crippen molar-refractivity contribution in [1.82, 2.24) is 29.6 Å². The average Bonchev–Trinajstić information content (AvgIpc) is 3.19. The van der Waals surface area contributed by atoms with Gasteiger partial charge < -0.3 is 14.6 Å². The molecular weight excluding hydrogens is 294 g/mol. The molecule has 0 aromatic carbocycles. The van der Waals surface area contributed by atoms with E-state index < -0.39 is 0 Å². The molecule has 8 nitrogen and oxygen atoms in total. The minimum Gasteiger partial charge on any atom is -0.376 e. The van der Waals surface area contributed by atoms with E-state index in [2.05, 4.69) is 30.4 Å². The lowest BCUT2D eigenvalue weighted by Gasteiger charge is -2.16. The first kappa shape index (κ1) is 15.8. The quantitative estimate of drug-likeness (QED) is 0.810. The molecule has 0 amide bonds. The highest BCUT2D eigenvalue weighted by atomic mass is 16.5. The molecule has 23 heavy (non-hydrogen) atoms. The summed E-state index contributed by atoms with van der Waals surface area (Å²) in [7, 11) is 3.99. The van der Waals surface area contributed by atoms with Crippen LogP contribution in [0.15, 0.2) is 18.7 Å². The van der Waals surface area contributed by atoms with Crippen LogP contribution in [0.1, 0.15) is 24.2 Å². The third-order valence-corrected chi connectivity index (χ3v) is 3.89. The van der Waals surface area contributed by atoms with Crippen molar-refractivity contribution >= 4 is 5.95 Å². The Balaban J connectivity index is 1.47. The molecule has 1 aliphatic heterocycles. The van der Waals surface area contributed by atoms with Crippen LogP contribution in [0, 0.1) is 0 Å². The van der Waals surface area contributed by atoms with Gasteiger partial charge >= 0.3 is 0 Å². The molecule has 2 aromatic heterocycles. The SMILES string of the molecule is CN(Cc1cnc(NCC2CCCO2)nc1)Cc1nncn1C. The first-order valence-corrected chi connectivity index (χ1v) is 7.88. The fraction of sp³-hybridized carbons (Fsp3) is 0.600. The molecule has 0 bridgehead atoms. The summed E-state index contributed by atoms with van der Waals surface area (Å²) in [6.07, 6.45) is 7.97. The van der Waals surface area contributed by atoms with Gasteiger partial charge in [0.25, 0.3) is 0 Å². The van der Waals surface area contributed by atoms with Crippen LogP contribution in [0.25, 0.3) is 0 Å². The normalized spacial score (nSPS) is 17.8. The smallest absolute Gasteiger partial charge is 0.222 e. The fourth-order valence-electron chi connectivity index (χ4n) is 2.60. The fourth-order valence-corrected chi connectivity index (χ4v) is 2.60. The second-order valence-corrected chi connectivity index (χ2v) is 5.96. The first-order valence-electron chi connectivity index (χ1n) is 7.88. The predicted molar refractivity (Wildman–Crippen MR) is 85.7 cm³/mol. The van der Waals surface area contributed by atoms with E-state index in [1.54, 1.807) is 6.33 Å². The Hall–Kier alpha value is -2.06. The van der Waals surface area contributed by atoms with Gasteiger partial charge in [-0.3, -0.25) is 4.90 Å². The molecule has 8 heteroatoms. The molecule has 3 rings (SSSR count). The number of rotatable bonds is 7. The minimum atomic E-state index is 0.288. The third kappa shape index (κ3) is 4.46. The number of nitrogens with zero attached hydrogens (tertiary/aromatic N) is 6. The topological polar surface area (TPSA) is 81.0 Å². The van der Waals surface area contributed by atoms with Crippen LogP contribution in [-0.2, 0) is 24.9 Å². The van der Waals surface area contributed by atoms with Crippen molar-refractivity contribution in [2.24, 2.45) is 7.05 Å². The molecule has 0 radical (unpaired) electrons. The summed E-state index contributed by atoms with van der Waals surface area (Å²) in [5.41, 5.74) is 1.07. The molecule has 3 heterocycles. The van der Waals surface area contributed by atoms with Crippen molar-refractivity contribution in [2.45, 2.75) is 32.0 Å². The molecule has 0 saturated carbocycles. The Morgan fingerprint density at radius 3 is 2.83 bits per heavy atom. The summed E-state index contributed by atoms with van der Waals surface area (Å²) in [5, 5.41) is 11.2. The van der Waals surface area contributed by atoms with Crippen molar-refractivity contribution in [3.63, 3.8) is 0 Å². The Kier molecular flexibility index (Phi) is 5.14. The lowest BCUT2D eigenvalue weighted by atomic mass is 10.2. The van der Waals surface area contributed by atoms with Crippen LogP contribution in [0.2, 0.25) is 0 Å². The second kappa shape index (κ2) is 7.47. The van der Waals surface area contributed by atoms with Crippen LogP contribution in [0.5, 0.6) is 0 Å². The summed E-state index contributed by atoms with van der Waals surface area (Å²) >= 11 is 0. The summed E-state index contributed by atoms with van der Waals surface area (Å²) in [5.74, 6) is 1.59. The third-order valence-electron chi connectivity index (χ3n) is 3.89. The van der Waals surface area contributed by atoms with Gasteiger partial charge in [0.05, 0.1) is 12.6 Å². The van der Waals surface area contributed by atoms with Gasteiger partial charge in [-0.1, -0.05) is 0 Å². The van der Waals surface area contributed by atoms with E-state index in [-0.39, 0.29) is 6.10 Å². The van der Waals surface area contributed by atoms with Crippen LogP contribution in [-0.4, -0.2) is 55.9 Å². The van der Waals surface area contributed by atoms with Crippen molar-refractivity contribution in [1.29, 1.82) is 0 Å². The summed E-state index contributed by atoms with van der Waals surface area (Å²) in [6, 6.07) is 0. The molecule has 124 valence electrons. The van der Waals surface area contributed by atoms with Crippen molar-refractivity contribution in [2.75, 3.05) is 25.5 Å². The number of nitrogens with one attached hydrogen (secondary N) is 1. The van der Waals surface area contributed by atoms with E-state index >= 15 is 0 Å². The van der Waals surface area contributed by atoms with Gasteiger partial charge in [0, 0.05) is 44.7 Å². The largest absolute Gasteiger partial charge is 0.376 e. The van der Waals surface area contributed by atoms with E-state index in [4.69, 9.17) is 4.74 Å². The van der Waals surface area contributed by atoms with Gasteiger partial charge in [0.2, 0.25) is 5.95 Å². The number of aryl methyl sites for hydroxylation is 1. The molecule has 1 aliphatic rings. The maximum atomic E-state index is 5.57. The molecule has 1 fully saturated rings. The lowest BCUT2D eigenvalue weighted by Crippen LogP contribution is -2.21. The van der Waals surface area contributed by atoms with Crippen molar-refractivity contribution < 1.29 is 4.74 Å². The Morgan fingerprint density at radius 2 is 2.17 bits per heavy atom. The summed E-state index contributed by atoms with van der Waals surface area (Å²) in [4.78, 5) is 10.9. The predicted octanol–water partition coefficient (Wildman–Crippen LogP) is 0.828. The molecule has 2 aromatic rings. The van der Waals surface area contributed by atoms with E-state index in [1.165, 1.54) is 0 Å². The molecule has 0 spiro atoms. The standard InChI is InChI=1S/C15H23N7O/c1-21(10-14-20-19-11-22(14)2)9-12-6-16-15(17-7-12)18-8-13-4-3-5-23-13/h6-7,11,13H,3-5,8-10H2,1-2H3,(H,16,17,18). The van der Waals surface area contributed by atoms with Gasteiger partial charge in [-0.05, 0) is 19.9 Å². The van der Waals surface area contributed by atoms with Gasteiger partial charge in [-0.25, -0.2) is 9.97 Å². The zero-order valence-corrected chi connectivity index (χ0v) is 13.6. The molecule has 1 saturated heterocycles. The molecule has 0 aliphatic carbocycles. The van der Waals surface area contributed by atoms with Crippen LogP contribution in [0.3, 0.4) is 0 Å². The van der Waals surface area contributed by atoms with Crippen LogP contribution in [0.4, 0.5) is 5.95 Å². The average molecular weight is 317 g/mol. The monoisotopic (exact) mass is 317 g/mol. The first-order chi connectivity index (χ1) is 11.2. The van der Waals surface area contributed by atoms with Gasteiger partial charge in [-0.15, -0.1) is 10.2 Å². The highest BCUT2D eigenvalue weighted by molar-refractivity contribution is 5.24. The van der Waals surface area contributed by atoms with Gasteiger partial charge in [0.1, 0.15) is 12.2 Å². The zero-order chi connectivity index (χ0) is 16.1. The Bertz CT molecular complexity index is 607. The van der Waals surface area contributed by atoms with E-state index in [1.807, 2.05) is 31.1 Å². The summed E-state index contributed by atoms with van der Waals surface area (Å²) < 4.78 is 7.49. The number of hydrogen-bond donors (Lipinski definition) is 1. The van der Waals surface area contributed by atoms with Crippen molar-refractivity contribution in [3.8, 4) is 0 Å². The van der Waals surface area contributed by atoms with Crippen molar-refractivity contribution in [3.05, 3.63) is 30.1 Å². The molecule has 1 atom stereocenters. The summed E-state index contributed by atoms with van der Waals surface area (Å²) in [6.45, 7) is 3.13. The van der Waals surface area contributed by atoms with Crippen LogP contribution < -0.4 is 5.32 Å². The van der Waals surface area contributed by atoms with E-state index in [0.717, 1.165) is 50.5 Å². The Labute approximate surface area is 135 Å². The molecule has 1 N–H and O–H groups in total. The van der Waals surface area contributed by atoms with E-state index in [0.29, 0.717) is 5.95 Å². The number of hydrogen-bond acceptors (Lipinski definition) is 7. The maximum Gasteiger partial charge on any atom is 0.222 e. The van der Waals surface area contributed by atoms with E-state index in [9.17, 15) is 0 Å². The zero-order valence-electron chi connectivity index (χ0n) is 13.6. The number of aromatic nitrogens is 5. The highest BCUT2D eigenvalue weighted by Gasteiger charge is 2.15. The lowest BCUT2D eigenvalue weighted by molar-refractivity contribution is 0.120. The number of anilines is 1. The number of ether oxygens (including phenoxy) is 1. The van der Waals surface area contributed by atoms with Gasteiger partial charge in [0.15, 0.2) is 0 Å². The Morgan fingerprint density at radius 1 is 1.35 bits per heavy atom.